The van der Waals surface area contributed by atoms with Crippen LogP contribution in [0.5, 0.6) is 0 Å². The van der Waals surface area contributed by atoms with Crippen molar-refractivity contribution in [1.82, 2.24) is 0 Å². The van der Waals surface area contributed by atoms with E-state index in [2.05, 4.69) is 34.6 Å². The molecule has 19 heteroatoms. The molecule has 17 nitrogen and oxygen atoms in total. The van der Waals surface area contributed by atoms with Gasteiger partial charge in [-0.1, -0.05) is 426 Å². The number of carbonyl (C=O) groups excluding carboxylic acids is 4. The van der Waals surface area contributed by atoms with Gasteiger partial charge >= 0.3 is 39.5 Å². The second kappa shape index (κ2) is 80.7. The third-order valence-electron chi connectivity index (χ3n) is 21.1. The van der Waals surface area contributed by atoms with Crippen LogP contribution in [0.15, 0.2) is 0 Å². The van der Waals surface area contributed by atoms with Crippen molar-refractivity contribution in [3.8, 4) is 0 Å². The summed E-state index contributed by atoms with van der Waals surface area (Å²) in [7, 11) is -9.92. The predicted molar refractivity (Wildman–Crippen MR) is 442 cm³/mol. The summed E-state index contributed by atoms with van der Waals surface area (Å²) in [5.74, 6) is -1.24. The molecule has 3 unspecified atom stereocenters. The fourth-order valence-electron chi connectivity index (χ4n) is 13.8. The van der Waals surface area contributed by atoms with Gasteiger partial charge in [0.2, 0.25) is 0 Å². The molecule has 0 aromatic heterocycles. The number of unbranched alkanes of at least 4 members (excludes halogenated alkanes) is 59. The van der Waals surface area contributed by atoms with Gasteiger partial charge < -0.3 is 33.8 Å². The molecule has 6 atom stereocenters. The molecule has 636 valence electrons. The van der Waals surface area contributed by atoms with Crippen molar-refractivity contribution in [3.63, 3.8) is 0 Å². The first-order valence-electron chi connectivity index (χ1n) is 45.7. The number of hydrogen-bond acceptors (Lipinski definition) is 15. The summed E-state index contributed by atoms with van der Waals surface area (Å²) in [4.78, 5) is 73.0. The number of hydrogen-bond donors (Lipinski definition) is 3. The highest BCUT2D eigenvalue weighted by molar-refractivity contribution is 7.47. The Balaban J connectivity index is 5.09. The van der Waals surface area contributed by atoms with E-state index >= 15 is 0 Å². The van der Waals surface area contributed by atoms with Crippen LogP contribution in [0.3, 0.4) is 0 Å². The molecule has 0 heterocycles. The topological polar surface area (TPSA) is 237 Å². The molecule has 0 rings (SSSR count). The highest BCUT2D eigenvalue weighted by Gasteiger charge is 2.30. The minimum atomic E-state index is -4.96. The molecular weight excluding hydrogens is 1390 g/mol. The minimum Gasteiger partial charge on any atom is -0.462 e. The number of carbonyl (C=O) groups is 4. The quantitative estimate of drug-likeness (QED) is 0.0222. The van der Waals surface area contributed by atoms with E-state index in [4.69, 9.17) is 37.0 Å². The monoisotopic (exact) mass is 1560 g/mol. The first-order chi connectivity index (χ1) is 52.1. The first-order valence-corrected chi connectivity index (χ1v) is 48.7. The van der Waals surface area contributed by atoms with E-state index in [9.17, 15) is 43.2 Å². The average molecular weight is 1560 g/mol. The highest BCUT2D eigenvalue weighted by atomic mass is 31.2. The Morgan fingerprint density at radius 2 is 0.449 bits per heavy atom. The molecule has 0 aliphatic rings. The summed E-state index contributed by atoms with van der Waals surface area (Å²) in [5, 5.41) is 10.6. The van der Waals surface area contributed by atoms with Gasteiger partial charge in [0.15, 0.2) is 12.2 Å². The van der Waals surface area contributed by atoms with E-state index in [0.717, 1.165) is 102 Å². The summed E-state index contributed by atoms with van der Waals surface area (Å²) in [6.07, 6.45) is 75.6. The first kappa shape index (κ1) is 105. The number of ether oxygens (including phenoxy) is 4. The van der Waals surface area contributed by atoms with Crippen LogP contribution >= 0.6 is 15.6 Å². The van der Waals surface area contributed by atoms with Crippen LogP contribution in [0.4, 0.5) is 0 Å². The molecule has 0 fully saturated rings. The number of esters is 4. The van der Waals surface area contributed by atoms with Gasteiger partial charge in [0, 0.05) is 25.7 Å². The van der Waals surface area contributed by atoms with Gasteiger partial charge in [-0.2, -0.15) is 0 Å². The second-order valence-corrected chi connectivity index (χ2v) is 34.8. The maximum atomic E-state index is 13.1. The van der Waals surface area contributed by atoms with Crippen molar-refractivity contribution >= 4 is 39.5 Å². The molecule has 0 radical (unpaired) electrons. The van der Waals surface area contributed by atoms with Gasteiger partial charge in [-0.25, -0.2) is 9.13 Å². The van der Waals surface area contributed by atoms with Crippen LogP contribution in [0.2, 0.25) is 0 Å². The van der Waals surface area contributed by atoms with Gasteiger partial charge in [-0.05, 0) is 31.6 Å². The van der Waals surface area contributed by atoms with E-state index in [1.54, 1.807) is 0 Å². The number of phosphoric acid groups is 2. The van der Waals surface area contributed by atoms with E-state index < -0.39 is 97.5 Å². The summed E-state index contributed by atoms with van der Waals surface area (Å²) < 4.78 is 68.7. The summed E-state index contributed by atoms with van der Waals surface area (Å²) in [5.41, 5.74) is 0. The van der Waals surface area contributed by atoms with E-state index in [-0.39, 0.29) is 25.7 Å². The Hall–Kier alpha value is -1.94. The van der Waals surface area contributed by atoms with Crippen molar-refractivity contribution in [3.05, 3.63) is 0 Å². The summed E-state index contributed by atoms with van der Waals surface area (Å²) >= 11 is 0. The highest BCUT2D eigenvalue weighted by Crippen LogP contribution is 2.45. The smallest absolute Gasteiger partial charge is 0.462 e. The normalized spacial score (nSPS) is 14.0. The van der Waals surface area contributed by atoms with Gasteiger partial charge in [0.05, 0.1) is 26.4 Å². The molecule has 0 spiro atoms. The number of aliphatic hydroxyl groups is 1. The van der Waals surface area contributed by atoms with Crippen LogP contribution in [0.25, 0.3) is 0 Å². The fraction of sp³-hybridized carbons (Fsp3) is 0.955. The minimum absolute atomic E-state index is 0.108. The van der Waals surface area contributed by atoms with Crippen molar-refractivity contribution in [2.45, 2.75) is 496 Å². The molecule has 0 aliphatic carbocycles. The lowest BCUT2D eigenvalue weighted by Crippen LogP contribution is -2.30. The molecule has 0 aromatic rings. The maximum Gasteiger partial charge on any atom is 0.472 e. The molecule has 0 aromatic carbocycles. The molecule has 0 aliphatic heterocycles. The van der Waals surface area contributed by atoms with Crippen LogP contribution in [0.1, 0.15) is 478 Å². The standard InChI is InChI=1S/C88H172O17P2/c1-6-10-13-16-18-20-22-24-26-28-30-31-33-37-41-45-49-53-57-62-67-72-86(91)99-78-84(105-88(93)74-69-64-59-55-51-47-43-39-35-34-36-40-44-48-52-56-61-65-70-81(5)9-4)80-103-107(96,97)101-76-82(89)75-100-106(94,95)102-79-83(77-98-85(90)71-66-60-15-12-8-3)104-87(92)73-68-63-58-54-50-46-42-38-32-29-27-25-23-21-19-17-14-11-7-2/h81-84,89H,6-80H2,1-5H3,(H,94,95)(H,96,97)/t81?,82-,83+,84+/m0/s1. The lowest BCUT2D eigenvalue weighted by Gasteiger charge is -2.21. The second-order valence-electron chi connectivity index (χ2n) is 31.9. The van der Waals surface area contributed by atoms with Gasteiger partial charge in [-0.3, -0.25) is 37.3 Å². The molecule has 3 N–H and O–H groups in total. The van der Waals surface area contributed by atoms with E-state index in [0.29, 0.717) is 25.7 Å². The zero-order valence-electron chi connectivity index (χ0n) is 70.3. The Morgan fingerprint density at radius 1 is 0.262 bits per heavy atom. The van der Waals surface area contributed by atoms with Crippen molar-refractivity contribution in [2.75, 3.05) is 39.6 Å². The Bertz CT molecular complexity index is 2030. The molecule has 0 saturated carbocycles. The van der Waals surface area contributed by atoms with E-state index in [1.807, 2.05) is 0 Å². The largest absolute Gasteiger partial charge is 0.472 e. The predicted octanol–water partition coefficient (Wildman–Crippen LogP) is 27.2. The lowest BCUT2D eigenvalue weighted by molar-refractivity contribution is -0.161. The Morgan fingerprint density at radius 3 is 0.664 bits per heavy atom. The molecule has 0 saturated heterocycles. The number of phosphoric ester groups is 2. The zero-order chi connectivity index (χ0) is 78.3. The van der Waals surface area contributed by atoms with Crippen molar-refractivity contribution in [2.24, 2.45) is 5.92 Å². The van der Waals surface area contributed by atoms with Gasteiger partial charge in [0.1, 0.15) is 19.3 Å². The number of aliphatic hydroxyl groups excluding tert-OH is 1. The van der Waals surface area contributed by atoms with Crippen LogP contribution in [-0.4, -0.2) is 96.7 Å². The molecular formula is C88H172O17P2. The SMILES string of the molecule is CCCCCCCCCCCCCCCCCCCCCCCC(=O)OC[C@H](COP(=O)(O)OC[C@@H](O)COP(=O)(O)OC[C@@H](COC(=O)CCCCCCC)OC(=O)CCCCCCCCCCCCCCCCCCCCC)OC(=O)CCCCCCCCCCCCCCCCCCCCC(C)CC. The van der Waals surface area contributed by atoms with Gasteiger partial charge in [-0.15, -0.1) is 0 Å². The molecule has 0 amide bonds. The van der Waals surface area contributed by atoms with Crippen molar-refractivity contribution in [1.29, 1.82) is 0 Å². The van der Waals surface area contributed by atoms with Crippen LogP contribution in [0, 0.1) is 5.92 Å². The molecule has 107 heavy (non-hydrogen) atoms. The number of rotatable bonds is 88. The third-order valence-corrected chi connectivity index (χ3v) is 23.0. The maximum absolute atomic E-state index is 13.1. The average Bonchev–Trinajstić information content (AvgIpc) is 0.902. The van der Waals surface area contributed by atoms with Crippen LogP contribution < -0.4 is 0 Å². The lowest BCUT2D eigenvalue weighted by atomic mass is 9.99. The van der Waals surface area contributed by atoms with Gasteiger partial charge in [0.25, 0.3) is 0 Å². The van der Waals surface area contributed by atoms with E-state index in [1.165, 1.54) is 295 Å². The van der Waals surface area contributed by atoms with Crippen LogP contribution in [-0.2, 0) is 65.4 Å². The third kappa shape index (κ3) is 80.5. The summed E-state index contributed by atoms with van der Waals surface area (Å²) in [6, 6.07) is 0. The molecule has 0 bridgehead atoms. The Kier molecular flexibility index (Phi) is 79.2. The zero-order valence-corrected chi connectivity index (χ0v) is 72.1. The van der Waals surface area contributed by atoms with Crippen molar-refractivity contribution < 1.29 is 80.2 Å². The fourth-order valence-corrected chi connectivity index (χ4v) is 15.4. The summed E-state index contributed by atoms with van der Waals surface area (Å²) in [6.45, 7) is 7.35. The Labute approximate surface area is 658 Å².